The van der Waals surface area contributed by atoms with Crippen molar-refractivity contribution >= 4 is 80.8 Å². The fourth-order valence-electron chi connectivity index (χ4n) is 2.06. The molecule has 0 spiro atoms. The van der Waals surface area contributed by atoms with E-state index in [2.05, 4.69) is 5.32 Å². The van der Waals surface area contributed by atoms with Gasteiger partial charge in [0.25, 0.3) is 11.4 Å². The first kappa shape index (κ1) is 22.6. The molecular weight excluding hydrogens is 496 g/mol. The van der Waals surface area contributed by atoms with E-state index < -0.39 is 54.4 Å². The molecular formula is C13H3Cl5F3N3O4. The highest BCUT2D eigenvalue weighted by Gasteiger charge is 2.40. The summed E-state index contributed by atoms with van der Waals surface area (Å²) in [6.07, 6.45) is -5.21. The van der Waals surface area contributed by atoms with Crippen LogP contribution in [-0.2, 0) is 6.18 Å². The van der Waals surface area contributed by atoms with Crippen LogP contribution in [0.3, 0.4) is 0 Å². The molecule has 0 amide bonds. The highest BCUT2D eigenvalue weighted by Crippen LogP contribution is 2.50. The summed E-state index contributed by atoms with van der Waals surface area (Å²) in [7, 11) is 0. The van der Waals surface area contributed by atoms with Crippen molar-refractivity contribution in [1.82, 2.24) is 0 Å². The molecule has 0 heterocycles. The lowest BCUT2D eigenvalue weighted by atomic mass is 10.1. The van der Waals surface area contributed by atoms with Gasteiger partial charge in [-0.2, -0.15) is 13.2 Å². The van der Waals surface area contributed by atoms with Crippen LogP contribution in [0.25, 0.3) is 0 Å². The van der Waals surface area contributed by atoms with Crippen molar-refractivity contribution in [2.75, 3.05) is 5.32 Å². The number of rotatable bonds is 4. The van der Waals surface area contributed by atoms with E-state index in [0.717, 1.165) is 0 Å². The fourth-order valence-corrected chi connectivity index (χ4v) is 3.29. The number of hydrogen-bond acceptors (Lipinski definition) is 5. The summed E-state index contributed by atoms with van der Waals surface area (Å²) in [5, 5.41) is 22.2. The smallest absolute Gasteiger partial charge is 0.347 e. The monoisotopic (exact) mass is 497 g/mol. The Hall–Kier alpha value is -1.72. The SMILES string of the molecule is O=[N+]([O-])c1cc([N+](=O)[O-])c(Nc2c(Cl)c(Cl)c(Cl)c(Cl)c2Cl)c(C(F)(F)F)c1. The molecule has 0 saturated heterocycles. The summed E-state index contributed by atoms with van der Waals surface area (Å²) in [6, 6.07) is 0.467. The summed E-state index contributed by atoms with van der Waals surface area (Å²) in [5.74, 6) is 0. The zero-order valence-electron chi connectivity index (χ0n) is 12.7. The first-order valence-electron chi connectivity index (χ1n) is 6.59. The van der Waals surface area contributed by atoms with E-state index in [0.29, 0.717) is 6.07 Å². The molecule has 0 saturated carbocycles. The predicted molar refractivity (Wildman–Crippen MR) is 99.5 cm³/mol. The minimum atomic E-state index is -5.21. The van der Waals surface area contributed by atoms with Crippen LogP contribution in [0.5, 0.6) is 0 Å². The van der Waals surface area contributed by atoms with E-state index in [4.69, 9.17) is 58.0 Å². The minimum absolute atomic E-state index is 0.121. The lowest BCUT2D eigenvalue weighted by Crippen LogP contribution is -2.12. The normalized spacial score (nSPS) is 11.4. The van der Waals surface area contributed by atoms with E-state index >= 15 is 0 Å². The van der Waals surface area contributed by atoms with E-state index in [-0.39, 0.29) is 21.1 Å². The molecule has 2 rings (SSSR count). The molecule has 0 aliphatic carbocycles. The van der Waals surface area contributed by atoms with Gasteiger partial charge >= 0.3 is 6.18 Å². The molecule has 0 bridgehead atoms. The van der Waals surface area contributed by atoms with E-state index in [9.17, 15) is 33.4 Å². The third kappa shape index (κ3) is 4.15. The van der Waals surface area contributed by atoms with Gasteiger partial charge in [-0.1, -0.05) is 58.0 Å². The Kier molecular flexibility index (Phi) is 6.41. The number of nitro groups is 2. The highest BCUT2D eigenvalue weighted by atomic mass is 35.5. The second-order valence-electron chi connectivity index (χ2n) is 4.97. The number of hydrogen-bond donors (Lipinski definition) is 1. The Bertz CT molecular complexity index is 987. The zero-order chi connectivity index (χ0) is 21.5. The van der Waals surface area contributed by atoms with Gasteiger partial charge < -0.3 is 5.32 Å². The van der Waals surface area contributed by atoms with Gasteiger partial charge in [-0.3, -0.25) is 20.2 Å². The predicted octanol–water partition coefficient (Wildman–Crippen LogP) is 7.53. The maximum absolute atomic E-state index is 13.4. The number of nitrogens with one attached hydrogen (secondary N) is 1. The van der Waals surface area contributed by atoms with Crippen LogP contribution in [0.2, 0.25) is 25.1 Å². The standard InChI is InChI=1S/C13H3Cl5F3N3O4/c14-6-7(15)9(17)12(10(18)8(6)16)22-11-4(13(19,20)21)1-3(23(25)26)2-5(11)24(27)28/h1-2,22H. The second kappa shape index (κ2) is 7.96. The van der Waals surface area contributed by atoms with Gasteiger partial charge in [-0.25, -0.2) is 0 Å². The molecule has 2 aromatic rings. The number of halogens is 8. The van der Waals surface area contributed by atoms with Crippen LogP contribution < -0.4 is 5.32 Å². The molecule has 150 valence electrons. The molecule has 7 nitrogen and oxygen atoms in total. The Morgan fingerprint density at radius 2 is 1.25 bits per heavy atom. The van der Waals surface area contributed by atoms with E-state index in [1.807, 2.05) is 0 Å². The van der Waals surface area contributed by atoms with E-state index in [1.165, 1.54) is 0 Å². The number of nitro benzene ring substituents is 2. The van der Waals surface area contributed by atoms with Crippen LogP contribution >= 0.6 is 58.0 Å². The third-order valence-corrected chi connectivity index (χ3v) is 5.55. The average molecular weight is 499 g/mol. The van der Waals surface area contributed by atoms with Crippen LogP contribution in [0, 0.1) is 20.2 Å². The van der Waals surface area contributed by atoms with Gasteiger partial charge in [0, 0.05) is 6.07 Å². The lowest BCUT2D eigenvalue weighted by molar-refractivity contribution is -0.394. The molecule has 0 aliphatic heterocycles. The molecule has 0 unspecified atom stereocenters. The van der Waals surface area contributed by atoms with Gasteiger partial charge in [-0.05, 0) is 0 Å². The first-order valence-corrected chi connectivity index (χ1v) is 8.48. The molecule has 0 aliphatic rings. The summed E-state index contributed by atoms with van der Waals surface area (Å²) in [4.78, 5) is 19.7. The number of benzene rings is 2. The Labute approximate surface area is 178 Å². The minimum Gasteiger partial charge on any atom is -0.347 e. The Morgan fingerprint density at radius 1 is 0.786 bits per heavy atom. The van der Waals surface area contributed by atoms with Crippen molar-refractivity contribution in [3.8, 4) is 0 Å². The van der Waals surface area contributed by atoms with E-state index in [1.54, 1.807) is 0 Å². The Morgan fingerprint density at radius 3 is 1.64 bits per heavy atom. The zero-order valence-corrected chi connectivity index (χ0v) is 16.5. The first-order chi connectivity index (χ1) is 12.8. The topological polar surface area (TPSA) is 98.3 Å². The largest absolute Gasteiger partial charge is 0.418 e. The van der Waals surface area contributed by atoms with Gasteiger partial charge in [0.1, 0.15) is 5.69 Å². The Balaban J connectivity index is 2.87. The third-order valence-electron chi connectivity index (χ3n) is 3.28. The summed E-state index contributed by atoms with van der Waals surface area (Å²) < 4.78 is 40.3. The van der Waals surface area contributed by atoms with Gasteiger partial charge in [0.2, 0.25) is 0 Å². The summed E-state index contributed by atoms with van der Waals surface area (Å²) >= 11 is 29.3. The van der Waals surface area contributed by atoms with Crippen molar-refractivity contribution in [2.24, 2.45) is 0 Å². The number of non-ortho nitro benzene ring substituents is 1. The maximum atomic E-state index is 13.4. The van der Waals surface area contributed by atoms with Crippen molar-refractivity contribution in [3.63, 3.8) is 0 Å². The summed E-state index contributed by atoms with van der Waals surface area (Å²) in [6.45, 7) is 0. The average Bonchev–Trinajstić information content (AvgIpc) is 2.60. The molecule has 0 radical (unpaired) electrons. The van der Waals surface area contributed by atoms with Gasteiger partial charge in [0.05, 0.1) is 52.3 Å². The van der Waals surface area contributed by atoms with Gasteiger partial charge in [0.15, 0.2) is 0 Å². The fraction of sp³-hybridized carbons (Fsp3) is 0.0769. The number of anilines is 2. The van der Waals surface area contributed by atoms with Crippen LogP contribution in [0.1, 0.15) is 5.56 Å². The van der Waals surface area contributed by atoms with Crippen molar-refractivity contribution in [1.29, 1.82) is 0 Å². The quantitative estimate of drug-likeness (QED) is 0.203. The molecule has 0 aromatic heterocycles. The van der Waals surface area contributed by atoms with Gasteiger partial charge in [-0.15, -0.1) is 0 Å². The number of nitrogens with zero attached hydrogens (tertiary/aromatic N) is 2. The molecule has 28 heavy (non-hydrogen) atoms. The van der Waals surface area contributed by atoms with Crippen LogP contribution in [0.4, 0.5) is 35.9 Å². The molecule has 1 N–H and O–H groups in total. The molecule has 2 aromatic carbocycles. The van der Waals surface area contributed by atoms with Crippen LogP contribution in [0.15, 0.2) is 12.1 Å². The van der Waals surface area contributed by atoms with Crippen molar-refractivity contribution in [2.45, 2.75) is 6.18 Å². The maximum Gasteiger partial charge on any atom is 0.418 e. The van der Waals surface area contributed by atoms with Crippen LogP contribution in [-0.4, -0.2) is 9.85 Å². The summed E-state index contributed by atoms with van der Waals surface area (Å²) in [5.41, 5.74) is -5.76. The molecule has 15 heteroatoms. The number of alkyl halides is 3. The second-order valence-corrected chi connectivity index (χ2v) is 6.86. The van der Waals surface area contributed by atoms with Crippen molar-refractivity contribution in [3.05, 3.63) is 63.0 Å². The molecule has 0 fully saturated rings. The molecule has 0 atom stereocenters. The highest BCUT2D eigenvalue weighted by molar-refractivity contribution is 6.56. The lowest BCUT2D eigenvalue weighted by Gasteiger charge is -2.18. The van der Waals surface area contributed by atoms with Crippen molar-refractivity contribution < 1.29 is 23.0 Å².